The van der Waals surface area contributed by atoms with Crippen molar-refractivity contribution in [1.82, 2.24) is 30.1 Å². The molecular weight excluding hydrogens is 556 g/mol. The summed E-state index contributed by atoms with van der Waals surface area (Å²) in [5.74, 6) is 1.27. The fourth-order valence-electron chi connectivity index (χ4n) is 6.04. The lowest BCUT2D eigenvalue weighted by Crippen LogP contribution is -2.49. The van der Waals surface area contributed by atoms with Crippen LogP contribution >= 0.6 is 15.9 Å². The minimum atomic E-state index is -0.171. The summed E-state index contributed by atoms with van der Waals surface area (Å²) in [7, 11) is 2.22. The third kappa shape index (κ3) is 7.34. The molecule has 5 rings (SSSR count). The molecule has 1 saturated carbocycles. The van der Waals surface area contributed by atoms with Crippen LogP contribution in [0.3, 0.4) is 0 Å². The van der Waals surface area contributed by atoms with E-state index in [9.17, 15) is 10.1 Å². The van der Waals surface area contributed by atoms with Crippen molar-refractivity contribution in [3.05, 3.63) is 51.9 Å². The lowest BCUT2D eigenvalue weighted by molar-refractivity contribution is 0.0940. The Hall–Kier alpha value is -2.58. The second kappa shape index (κ2) is 13.2. The van der Waals surface area contributed by atoms with E-state index < -0.39 is 0 Å². The van der Waals surface area contributed by atoms with Gasteiger partial charge in [-0.15, -0.1) is 0 Å². The van der Waals surface area contributed by atoms with Crippen LogP contribution < -0.4 is 10.4 Å². The Balaban J connectivity index is 1.19. The van der Waals surface area contributed by atoms with E-state index in [4.69, 9.17) is 0 Å². The number of piperazine rings is 1. The SMILES string of the molecule is CN1CCC(CN2CCN(Cc3cccc(C(=O)NN(c4nc(C#N)ncc4Br)C4CCCC4)c3)CC2)CC1. The van der Waals surface area contributed by atoms with Gasteiger partial charge in [-0.25, -0.2) is 4.98 Å². The van der Waals surface area contributed by atoms with Gasteiger partial charge in [0.2, 0.25) is 5.82 Å². The van der Waals surface area contributed by atoms with E-state index in [0.29, 0.717) is 15.9 Å². The monoisotopic (exact) mass is 594 g/mol. The first-order valence-electron chi connectivity index (χ1n) is 14.2. The summed E-state index contributed by atoms with van der Waals surface area (Å²) >= 11 is 3.52. The van der Waals surface area contributed by atoms with Crippen molar-refractivity contribution >= 4 is 27.7 Å². The van der Waals surface area contributed by atoms with Gasteiger partial charge >= 0.3 is 0 Å². The number of likely N-dealkylation sites (tertiary alicyclic amines) is 1. The van der Waals surface area contributed by atoms with Gasteiger partial charge < -0.3 is 9.80 Å². The second-order valence-electron chi connectivity index (χ2n) is 11.2. The first kappa shape index (κ1) is 28.0. The fraction of sp³-hybridized carbons (Fsp3) is 0.586. The molecule has 0 atom stereocenters. The van der Waals surface area contributed by atoms with Gasteiger partial charge in [0.25, 0.3) is 5.91 Å². The molecule has 0 radical (unpaired) electrons. The standard InChI is InChI=1S/C29H39BrN8O/c1-35-11-9-22(10-12-35)20-36-13-15-37(16-14-36)21-23-5-4-6-24(17-23)29(39)34-38(25-7-2-3-8-25)28-26(30)19-32-27(18-31)33-28/h4-6,17,19,22,25H,2-3,7-16,20-21H2,1H3,(H,34,39). The average Bonchev–Trinajstić information content (AvgIpc) is 3.49. The van der Waals surface area contributed by atoms with Crippen molar-refractivity contribution in [2.75, 3.05) is 57.9 Å². The zero-order valence-corrected chi connectivity index (χ0v) is 24.4. The number of hydrazine groups is 1. The van der Waals surface area contributed by atoms with Gasteiger partial charge in [-0.2, -0.15) is 10.2 Å². The molecular formula is C29H39BrN8O. The van der Waals surface area contributed by atoms with Crippen LogP contribution in [0.4, 0.5) is 5.82 Å². The predicted octanol–water partition coefficient (Wildman–Crippen LogP) is 3.66. The number of nitriles is 1. The molecule has 0 bridgehead atoms. The highest BCUT2D eigenvalue weighted by Crippen LogP contribution is 2.30. The van der Waals surface area contributed by atoms with Crippen molar-refractivity contribution in [2.45, 2.75) is 51.1 Å². The zero-order valence-electron chi connectivity index (χ0n) is 22.9. The molecule has 1 amide bonds. The Morgan fingerprint density at radius 3 is 2.54 bits per heavy atom. The second-order valence-corrected chi connectivity index (χ2v) is 12.1. The van der Waals surface area contributed by atoms with E-state index >= 15 is 0 Å². The molecule has 2 aliphatic heterocycles. The van der Waals surface area contributed by atoms with Crippen molar-refractivity contribution in [3.63, 3.8) is 0 Å². The third-order valence-corrected chi connectivity index (χ3v) is 8.94. The van der Waals surface area contributed by atoms with Crippen LogP contribution in [-0.2, 0) is 6.54 Å². The summed E-state index contributed by atoms with van der Waals surface area (Å²) < 4.78 is 0.650. The van der Waals surface area contributed by atoms with Crippen LogP contribution in [0.25, 0.3) is 0 Å². The van der Waals surface area contributed by atoms with Gasteiger partial charge in [0.15, 0.2) is 5.82 Å². The van der Waals surface area contributed by atoms with Crippen molar-refractivity contribution < 1.29 is 4.79 Å². The van der Waals surface area contributed by atoms with Crippen LogP contribution in [0.5, 0.6) is 0 Å². The smallest absolute Gasteiger partial charge is 0.269 e. The number of nitrogens with zero attached hydrogens (tertiary/aromatic N) is 7. The molecule has 1 aromatic heterocycles. The normalized spacial score (nSPS) is 20.1. The van der Waals surface area contributed by atoms with Crippen LogP contribution in [-0.4, -0.2) is 89.5 Å². The molecule has 3 fully saturated rings. The Bertz CT molecular complexity index is 1160. The van der Waals surface area contributed by atoms with Crippen molar-refractivity contribution in [3.8, 4) is 6.07 Å². The van der Waals surface area contributed by atoms with E-state index in [1.54, 1.807) is 6.20 Å². The number of halogens is 1. The summed E-state index contributed by atoms with van der Waals surface area (Å²) in [6, 6.07) is 10.1. The zero-order chi connectivity index (χ0) is 27.2. The Morgan fingerprint density at radius 2 is 1.82 bits per heavy atom. The number of hydrogen-bond acceptors (Lipinski definition) is 8. The summed E-state index contributed by atoms with van der Waals surface area (Å²) in [6.45, 7) is 8.87. The summed E-state index contributed by atoms with van der Waals surface area (Å²) in [4.78, 5) is 29.5. The summed E-state index contributed by atoms with van der Waals surface area (Å²) in [6.07, 6.45) is 8.33. The number of piperidine rings is 1. The molecule has 3 aliphatic rings. The lowest BCUT2D eigenvalue weighted by Gasteiger charge is -2.38. The van der Waals surface area contributed by atoms with Crippen LogP contribution in [0.1, 0.15) is 60.3 Å². The highest BCUT2D eigenvalue weighted by Gasteiger charge is 2.28. The van der Waals surface area contributed by atoms with Crippen LogP contribution in [0, 0.1) is 17.2 Å². The first-order chi connectivity index (χ1) is 19.0. The van der Waals surface area contributed by atoms with Crippen LogP contribution in [0.2, 0.25) is 0 Å². The molecule has 2 aromatic rings. The number of rotatable bonds is 8. The Labute approximate surface area is 240 Å². The van der Waals surface area contributed by atoms with Crippen LogP contribution in [0.15, 0.2) is 34.9 Å². The Morgan fingerprint density at radius 1 is 1.10 bits per heavy atom. The molecule has 0 spiro atoms. The maximum atomic E-state index is 13.4. The van der Waals surface area contributed by atoms with Crippen molar-refractivity contribution in [1.29, 1.82) is 5.26 Å². The molecule has 1 N–H and O–H groups in total. The van der Waals surface area contributed by atoms with E-state index in [0.717, 1.165) is 69.9 Å². The number of aromatic nitrogens is 2. The van der Waals surface area contributed by atoms with E-state index in [1.807, 2.05) is 29.3 Å². The highest BCUT2D eigenvalue weighted by molar-refractivity contribution is 9.10. The number of hydrogen-bond donors (Lipinski definition) is 1. The molecule has 2 saturated heterocycles. The maximum absolute atomic E-state index is 13.4. The minimum absolute atomic E-state index is 0.0823. The number of nitrogens with one attached hydrogen (secondary N) is 1. The number of anilines is 1. The molecule has 39 heavy (non-hydrogen) atoms. The minimum Gasteiger partial charge on any atom is -0.306 e. The van der Waals surface area contributed by atoms with E-state index in [2.05, 4.69) is 59.1 Å². The number of benzene rings is 1. The summed E-state index contributed by atoms with van der Waals surface area (Å²) in [5, 5.41) is 11.1. The summed E-state index contributed by atoms with van der Waals surface area (Å²) in [5.41, 5.74) is 4.88. The predicted molar refractivity (Wildman–Crippen MR) is 155 cm³/mol. The highest BCUT2D eigenvalue weighted by atomic mass is 79.9. The van der Waals surface area contributed by atoms with Gasteiger partial charge in [-0.05, 0) is 85.4 Å². The topological polar surface area (TPSA) is 91.6 Å². The van der Waals surface area contributed by atoms with E-state index in [-0.39, 0.29) is 17.8 Å². The lowest BCUT2D eigenvalue weighted by atomic mass is 9.96. The fourth-order valence-corrected chi connectivity index (χ4v) is 6.43. The average molecular weight is 596 g/mol. The molecule has 9 nitrogen and oxygen atoms in total. The molecule has 1 aliphatic carbocycles. The number of carbonyl (C=O) groups excluding carboxylic acids is 1. The van der Waals surface area contributed by atoms with Gasteiger partial charge in [-0.1, -0.05) is 25.0 Å². The Kier molecular flexibility index (Phi) is 9.45. The number of carbonyl (C=O) groups is 1. The van der Waals surface area contributed by atoms with E-state index in [1.165, 1.54) is 32.5 Å². The first-order valence-corrected chi connectivity index (χ1v) is 15.0. The van der Waals surface area contributed by atoms with Gasteiger partial charge in [-0.3, -0.25) is 20.1 Å². The number of amides is 1. The third-order valence-electron chi connectivity index (χ3n) is 8.38. The quantitative estimate of drug-likeness (QED) is 0.463. The van der Waals surface area contributed by atoms with Crippen molar-refractivity contribution in [2.24, 2.45) is 5.92 Å². The van der Waals surface area contributed by atoms with Gasteiger partial charge in [0.1, 0.15) is 6.07 Å². The largest absolute Gasteiger partial charge is 0.306 e. The van der Waals surface area contributed by atoms with Gasteiger partial charge in [0.05, 0.1) is 10.5 Å². The molecule has 0 unspecified atom stereocenters. The molecule has 3 heterocycles. The molecule has 10 heteroatoms. The maximum Gasteiger partial charge on any atom is 0.269 e. The van der Waals surface area contributed by atoms with Gasteiger partial charge in [0, 0.05) is 51.0 Å². The molecule has 208 valence electrons. The molecule has 1 aromatic carbocycles.